The van der Waals surface area contributed by atoms with Gasteiger partial charge < -0.3 is 14.9 Å². The molecule has 0 aliphatic heterocycles. The fraction of sp³-hybridized carbons (Fsp3) is 0.250. The molecule has 2 aromatic rings. The van der Waals surface area contributed by atoms with Crippen molar-refractivity contribution >= 4 is 34.8 Å². The van der Waals surface area contributed by atoms with E-state index >= 15 is 0 Å². The van der Waals surface area contributed by atoms with E-state index in [0.29, 0.717) is 22.2 Å². The molecule has 0 unspecified atom stereocenters. The topological polar surface area (TPSA) is 97.5 Å². The first kappa shape index (κ1) is 22.0. The number of nitrogens with one attached hydrogen (secondary N) is 1. The zero-order chi connectivity index (χ0) is 21.2. The first-order valence-corrected chi connectivity index (χ1v) is 9.09. The number of halogens is 1. The molecule has 1 amide bonds. The van der Waals surface area contributed by atoms with Gasteiger partial charge in [-0.3, -0.25) is 9.78 Å². The van der Waals surface area contributed by atoms with Gasteiger partial charge in [-0.25, -0.2) is 0 Å². The minimum Gasteiger partial charge on any atom is -0.473 e. The van der Waals surface area contributed by atoms with Crippen molar-refractivity contribution < 1.29 is 14.4 Å². The molecule has 0 aliphatic carbocycles. The Morgan fingerprint density at radius 1 is 1.17 bits per heavy atom. The SMILES string of the molecule is CNC(=O)/C(=N/OC)c1cccnc1CO/C(C)=N/N=C(\C)c1ccc(Cl)cc1. The molecule has 0 spiro atoms. The number of aromatic nitrogens is 1. The standard InChI is InChI=1S/C20H22ClN5O3/c1-13(15-7-9-16(21)10-8-15)24-25-14(2)29-12-18-17(6-5-11-23-18)19(26-28-4)20(27)22-3/h5-11H,12H2,1-4H3,(H,22,27)/b24-13+,25-14+,26-19+. The van der Waals surface area contributed by atoms with Gasteiger partial charge >= 0.3 is 0 Å². The third-order valence-corrected chi connectivity index (χ3v) is 4.04. The number of hydrogen-bond acceptors (Lipinski definition) is 7. The van der Waals surface area contributed by atoms with Gasteiger partial charge in [0, 0.05) is 30.8 Å². The third kappa shape index (κ3) is 6.39. The number of carbonyl (C=O) groups excluding carboxylic acids is 1. The maximum absolute atomic E-state index is 12.1. The average Bonchev–Trinajstić information content (AvgIpc) is 2.74. The Kier molecular flexibility index (Phi) is 8.29. The Bertz CT molecular complexity index is 939. The number of benzene rings is 1. The summed E-state index contributed by atoms with van der Waals surface area (Å²) in [6.45, 7) is 3.61. The number of pyridine rings is 1. The van der Waals surface area contributed by atoms with E-state index in [-0.39, 0.29) is 12.3 Å². The molecular weight excluding hydrogens is 394 g/mol. The number of hydrogen-bond donors (Lipinski definition) is 1. The number of likely N-dealkylation sites (N-methyl/N-ethyl adjacent to an activating group) is 1. The minimum absolute atomic E-state index is 0.0841. The molecule has 8 nitrogen and oxygen atoms in total. The summed E-state index contributed by atoms with van der Waals surface area (Å²) in [5, 5.41) is 15.2. The second-order valence-electron chi connectivity index (χ2n) is 5.80. The van der Waals surface area contributed by atoms with E-state index in [1.165, 1.54) is 14.2 Å². The van der Waals surface area contributed by atoms with Gasteiger partial charge in [0.15, 0.2) is 5.71 Å². The highest BCUT2D eigenvalue weighted by Crippen LogP contribution is 2.12. The van der Waals surface area contributed by atoms with Crippen LogP contribution in [0.25, 0.3) is 0 Å². The predicted molar refractivity (Wildman–Crippen MR) is 113 cm³/mol. The minimum atomic E-state index is -0.394. The normalized spacial score (nSPS) is 12.5. The van der Waals surface area contributed by atoms with E-state index < -0.39 is 5.91 Å². The van der Waals surface area contributed by atoms with Gasteiger partial charge in [-0.2, -0.15) is 5.10 Å². The van der Waals surface area contributed by atoms with Crippen molar-refractivity contribution in [2.45, 2.75) is 20.5 Å². The van der Waals surface area contributed by atoms with Crippen LogP contribution in [-0.4, -0.2) is 42.4 Å². The molecule has 2 rings (SSSR count). The van der Waals surface area contributed by atoms with E-state index in [1.54, 1.807) is 37.4 Å². The molecule has 1 heterocycles. The molecule has 0 atom stereocenters. The molecule has 1 aromatic heterocycles. The number of rotatable bonds is 7. The van der Waals surface area contributed by atoms with Crippen molar-refractivity contribution in [3.63, 3.8) is 0 Å². The summed E-state index contributed by atoms with van der Waals surface area (Å²) in [5.41, 5.74) is 2.75. The zero-order valence-electron chi connectivity index (χ0n) is 16.6. The molecule has 0 radical (unpaired) electrons. The van der Waals surface area contributed by atoms with Crippen molar-refractivity contribution in [1.29, 1.82) is 0 Å². The highest BCUT2D eigenvalue weighted by atomic mass is 35.5. The first-order chi connectivity index (χ1) is 14.0. The molecule has 0 fully saturated rings. The van der Waals surface area contributed by atoms with Crippen LogP contribution in [0, 0.1) is 0 Å². The van der Waals surface area contributed by atoms with Crippen molar-refractivity contribution in [3.8, 4) is 0 Å². The Morgan fingerprint density at radius 3 is 2.55 bits per heavy atom. The molecule has 1 N–H and O–H groups in total. The van der Waals surface area contributed by atoms with Gasteiger partial charge in [0.2, 0.25) is 5.90 Å². The fourth-order valence-corrected chi connectivity index (χ4v) is 2.41. The van der Waals surface area contributed by atoms with Crippen LogP contribution in [0.3, 0.4) is 0 Å². The number of amides is 1. The monoisotopic (exact) mass is 415 g/mol. The van der Waals surface area contributed by atoms with E-state index in [1.807, 2.05) is 19.1 Å². The second-order valence-corrected chi connectivity index (χ2v) is 6.24. The van der Waals surface area contributed by atoms with E-state index in [2.05, 4.69) is 25.7 Å². The molecule has 29 heavy (non-hydrogen) atoms. The number of nitrogens with zero attached hydrogens (tertiary/aromatic N) is 4. The molecular formula is C20H22ClN5O3. The zero-order valence-corrected chi connectivity index (χ0v) is 17.4. The summed E-state index contributed by atoms with van der Waals surface area (Å²) < 4.78 is 5.65. The molecule has 0 bridgehead atoms. The fourth-order valence-electron chi connectivity index (χ4n) is 2.29. The lowest BCUT2D eigenvalue weighted by Crippen LogP contribution is -2.29. The van der Waals surface area contributed by atoms with Crippen LogP contribution in [0.15, 0.2) is 58.0 Å². The van der Waals surface area contributed by atoms with E-state index in [9.17, 15) is 4.79 Å². The lowest BCUT2D eigenvalue weighted by molar-refractivity contribution is -0.114. The highest BCUT2D eigenvalue weighted by Gasteiger charge is 2.18. The Hall–Kier alpha value is -3.26. The van der Waals surface area contributed by atoms with E-state index in [0.717, 1.165) is 11.3 Å². The average molecular weight is 416 g/mol. The van der Waals surface area contributed by atoms with Gasteiger partial charge in [-0.05, 0) is 36.8 Å². The van der Waals surface area contributed by atoms with Crippen molar-refractivity contribution in [1.82, 2.24) is 10.3 Å². The van der Waals surface area contributed by atoms with E-state index in [4.69, 9.17) is 21.2 Å². The third-order valence-electron chi connectivity index (χ3n) is 3.79. The van der Waals surface area contributed by atoms with Gasteiger partial charge in [-0.1, -0.05) is 28.9 Å². The van der Waals surface area contributed by atoms with Gasteiger partial charge in [0.05, 0.1) is 11.4 Å². The number of carbonyl (C=O) groups is 1. The summed E-state index contributed by atoms with van der Waals surface area (Å²) in [7, 11) is 2.88. The maximum atomic E-state index is 12.1. The van der Waals surface area contributed by atoms with Crippen molar-refractivity contribution in [2.75, 3.05) is 14.2 Å². The van der Waals surface area contributed by atoms with Gasteiger partial charge in [0.25, 0.3) is 5.91 Å². The van der Waals surface area contributed by atoms with Crippen LogP contribution < -0.4 is 5.32 Å². The number of oxime groups is 1. The molecule has 152 valence electrons. The Balaban J connectivity index is 2.14. The van der Waals surface area contributed by atoms with Crippen LogP contribution in [0.4, 0.5) is 0 Å². The first-order valence-electron chi connectivity index (χ1n) is 8.71. The van der Waals surface area contributed by atoms with Crippen molar-refractivity contribution in [2.24, 2.45) is 15.4 Å². The summed E-state index contributed by atoms with van der Waals surface area (Å²) in [6.07, 6.45) is 1.60. The van der Waals surface area contributed by atoms with Crippen LogP contribution in [-0.2, 0) is 21.0 Å². The summed E-state index contributed by atoms with van der Waals surface area (Å²) in [5.74, 6) is -0.0465. The molecule has 1 aromatic carbocycles. The van der Waals surface area contributed by atoms with Crippen LogP contribution >= 0.6 is 11.6 Å². The number of ether oxygens (including phenoxy) is 1. The van der Waals surface area contributed by atoms with Gasteiger partial charge in [-0.15, -0.1) is 5.10 Å². The molecule has 0 saturated heterocycles. The molecule has 9 heteroatoms. The Morgan fingerprint density at radius 2 is 1.90 bits per heavy atom. The van der Waals surface area contributed by atoms with Crippen molar-refractivity contribution in [3.05, 3.63) is 64.4 Å². The summed E-state index contributed by atoms with van der Waals surface area (Å²) >= 11 is 5.89. The highest BCUT2D eigenvalue weighted by molar-refractivity contribution is 6.45. The second kappa shape index (κ2) is 10.9. The van der Waals surface area contributed by atoms with Crippen LogP contribution in [0.1, 0.15) is 30.7 Å². The molecule has 0 aliphatic rings. The molecule has 0 saturated carbocycles. The lowest BCUT2D eigenvalue weighted by Gasteiger charge is -2.10. The van der Waals surface area contributed by atoms with Crippen LogP contribution in [0.5, 0.6) is 0 Å². The Labute approximate surface area is 174 Å². The summed E-state index contributed by atoms with van der Waals surface area (Å²) in [6, 6.07) is 10.7. The quantitative estimate of drug-likeness (QED) is 0.426. The maximum Gasteiger partial charge on any atom is 0.273 e. The smallest absolute Gasteiger partial charge is 0.273 e. The largest absolute Gasteiger partial charge is 0.473 e. The van der Waals surface area contributed by atoms with Crippen LogP contribution in [0.2, 0.25) is 5.02 Å². The van der Waals surface area contributed by atoms with Gasteiger partial charge in [0.1, 0.15) is 13.7 Å². The lowest BCUT2D eigenvalue weighted by atomic mass is 10.1. The predicted octanol–water partition coefficient (Wildman–Crippen LogP) is 3.19. The summed E-state index contributed by atoms with van der Waals surface area (Å²) in [4.78, 5) is 21.1.